The monoisotopic (exact) mass is 275 g/mol. The first-order valence-corrected chi connectivity index (χ1v) is 7.11. The van der Waals surface area contributed by atoms with Crippen LogP contribution in [0, 0.1) is 45.3 Å². The molecule has 0 aromatic heterocycles. The van der Waals surface area contributed by atoms with Crippen molar-refractivity contribution < 1.29 is 14.5 Å². The van der Waals surface area contributed by atoms with E-state index in [1.54, 1.807) is 0 Å². The SMILES string of the molecule is CCC(CC)[C@H]1[C@]2(C#N)C(N)=[NH+]C3(OCCO3)[C@]12C#N. The van der Waals surface area contributed by atoms with Gasteiger partial charge in [-0.25, -0.2) is 4.99 Å². The summed E-state index contributed by atoms with van der Waals surface area (Å²) in [4.78, 5) is 2.95. The van der Waals surface area contributed by atoms with Gasteiger partial charge < -0.3 is 9.47 Å². The highest BCUT2D eigenvalue weighted by Gasteiger charge is 2.97. The second-order valence-corrected chi connectivity index (χ2v) is 5.75. The Hall–Kier alpha value is -1.63. The molecule has 1 aliphatic carbocycles. The van der Waals surface area contributed by atoms with Crippen LogP contribution in [0.1, 0.15) is 26.7 Å². The molecule has 3 N–H and O–H groups in total. The van der Waals surface area contributed by atoms with E-state index in [4.69, 9.17) is 15.2 Å². The van der Waals surface area contributed by atoms with E-state index < -0.39 is 16.7 Å². The molecule has 0 bridgehead atoms. The van der Waals surface area contributed by atoms with Gasteiger partial charge in [-0.3, -0.25) is 5.73 Å². The molecule has 3 rings (SSSR count). The summed E-state index contributed by atoms with van der Waals surface area (Å²) in [7, 11) is 0. The van der Waals surface area contributed by atoms with Crippen LogP contribution >= 0.6 is 0 Å². The maximum Gasteiger partial charge on any atom is 0.343 e. The molecule has 1 saturated carbocycles. The number of nitriles is 2. The smallest absolute Gasteiger partial charge is 0.311 e. The van der Waals surface area contributed by atoms with Crippen LogP contribution in [-0.2, 0) is 9.47 Å². The Balaban J connectivity index is 2.16. The quantitative estimate of drug-likeness (QED) is 0.703. The Bertz CT molecular complexity index is 551. The highest BCUT2D eigenvalue weighted by Crippen LogP contribution is 2.77. The number of hydrogen-bond acceptors (Lipinski definition) is 5. The van der Waals surface area contributed by atoms with E-state index in [1.165, 1.54) is 0 Å². The van der Waals surface area contributed by atoms with Crippen molar-refractivity contribution in [2.24, 2.45) is 28.4 Å². The van der Waals surface area contributed by atoms with Crippen molar-refractivity contribution >= 4 is 5.84 Å². The summed E-state index contributed by atoms with van der Waals surface area (Å²) in [6.07, 6.45) is 1.80. The Labute approximate surface area is 118 Å². The fourth-order valence-corrected chi connectivity index (χ4v) is 4.35. The summed E-state index contributed by atoms with van der Waals surface area (Å²) < 4.78 is 11.4. The van der Waals surface area contributed by atoms with Crippen molar-refractivity contribution in [1.29, 1.82) is 10.5 Å². The van der Waals surface area contributed by atoms with Gasteiger partial charge in [0.05, 0.1) is 25.4 Å². The molecule has 0 radical (unpaired) electrons. The van der Waals surface area contributed by atoms with Gasteiger partial charge in [0, 0.05) is 5.92 Å². The minimum atomic E-state index is -1.24. The molecule has 0 unspecified atom stereocenters. The van der Waals surface area contributed by atoms with Gasteiger partial charge in [-0.1, -0.05) is 26.7 Å². The van der Waals surface area contributed by atoms with Crippen molar-refractivity contribution in [2.75, 3.05) is 13.2 Å². The van der Waals surface area contributed by atoms with E-state index >= 15 is 0 Å². The number of fused-ring (bicyclic) bond motifs is 2. The van der Waals surface area contributed by atoms with Crippen molar-refractivity contribution in [1.82, 2.24) is 0 Å². The molecule has 1 spiro atoms. The summed E-state index contributed by atoms with van der Waals surface area (Å²) in [6.45, 7) is 4.96. The van der Waals surface area contributed by atoms with Crippen molar-refractivity contribution in [2.45, 2.75) is 32.6 Å². The largest absolute Gasteiger partial charge is 0.343 e. The summed E-state index contributed by atoms with van der Waals surface area (Å²) in [5.74, 6) is -0.811. The standard InChI is InChI=1S/C14H18N4O2/c1-3-9(4-2)10-12(7-15)11(17)18-14(13(10,12)8-16)19-5-6-20-14/h9-10H,3-6H2,1-2H3,(H2,17,18)/p+1/t10-,12+,13+/m0/s1. The number of nitrogens with zero attached hydrogens (tertiary/aromatic N) is 2. The number of hydrogen-bond donors (Lipinski definition) is 2. The first kappa shape index (κ1) is 13.4. The number of ether oxygens (including phenoxy) is 2. The first-order chi connectivity index (χ1) is 9.60. The molecule has 3 atom stereocenters. The molecule has 106 valence electrons. The number of rotatable bonds is 3. The second-order valence-electron chi connectivity index (χ2n) is 5.75. The van der Waals surface area contributed by atoms with Gasteiger partial charge >= 0.3 is 5.91 Å². The third kappa shape index (κ3) is 1.06. The molecule has 0 aromatic carbocycles. The number of nitrogens with two attached hydrogens (primary N) is 1. The number of nitrogens with one attached hydrogen (secondary N) is 1. The molecule has 2 aliphatic heterocycles. The Morgan fingerprint density at radius 3 is 2.35 bits per heavy atom. The van der Waals surface area contributed by atoms with Gasteiger partial charge in [0.15, 0.2) is 10.8 Å². The maximum atomic E-state index is 9.85. The maximum absolute atomic E-state index is 9.85. The predicted octanol–water partition coefficient (Wildman–Crippen LogP) is -0.776. The zero-order valence-corrected chi connectivity index (χ0v) is 11.8. The molecule has 2 fully saturated rings. The highest BCUT2D eigenvalue weighted by molar-refractivity contribution is 5.93. The van der Waals surface area contributed by atoms with Crippen LogP contribution in [0.15, 0.2) is 0 Å². The van der Waals surface area contributed by atoms with Crippen LogP contribution in [-0.4, -0.2) is 25.0 Å². The van der Waals surface area contributed by atoms with Gasteiger partial charge in [0.2, 0.25) is 0 Å². The van der Waals surface area contributed by atoms with Gasteiger partial charge in [0.25, 0.3) is 5.84 Å². The lowest BCUT2D eigenvalue weighted by Crippen LogP contribution is -2.90. The van der Waals surface area contributed by atoms with Gasteiger partial charge in [-0.05, 0) is 5.92 Å². The van der Waals surface area contributed by atoms with Crippen LogP contribution in [0.4, 0.5) is 0 Å². The summed E-state index contributed by atoms with van der Waals surface area (Å²) in [6, 6.07) is 4.63. The van der Waals surface area contributed by atoms with Crippen LogP contribution in [0.2, 0.25) is 0 Å². The van der Waals surface area contributed by atoms with Crippen molar-refractivity contribution in [3.05, 3.63) is 0 Å². The van der Waals surface area contributed by atoms with Crippen LogP contribution in [0.5, 0.6) is 0 Å². The molecule has 1 saturated heterocycles. The van der Waals surface area contributed by atoms with Gasteiger partial charge in [-0.15, -0.1) is 0 Å². The minimum absolute atomic E-state index is 0.139. The average Bonchev–Trinajstić information content (AvgIpc) is 2.72. The van der Waals surface area contributed by atoms with Gasteiger partial charge in [0.1, 0.15) is 0 Å². The third-order valence-corrected chi connectivity index (χ3v) is 5.28. The van der Waals surface area contributed by atoms with E-state index in [-0.39, 0.29) is 11.8 Å². The van der Waals surface area contributed by atoms with Crippen LogP contribution in [0.25, 0.3) is 0 Å². The van der Waals surface area contributed by atoms with Crippen molar-refractivity contribution in [3.63, 3.8) is 0 Å². The molecule has 0 aromatic rings. The van der Waals surface area contributed by atoms with Crippen molar-refractivity contribution in [3.8, 4) is 12.1 Å². The zero-order valence-electron chi connectivity index (χ0n) is 11.8. The highest BCUT2D eigenvalue weighted by atomic mass is 16.8. The van der Waals surface area contributed by atoms with E-state index in [9.17, 15) is 10.5 Å². The Morgan fingerprint density at radius 2 is 1.90 bits per heavy atom. The van der Waals surface area contributed by atoms with Crippen LogP contribution < -0.4 is 10.7 Å². The molecular formula is C14H19N4O2+. The summed E-state index contributed by atoms with van der Waals surface area (Å²) in [5.41, 5.74) is 4.06. The van der Waals surface area contributed by atoms with Crippen LogP contribution in [0.3, 0.4) is 0 Å². The lowest BCUT2D eigenvalue weighted by molar-refractivity contribution is -0.677. The molecule has 6 heteroatoms. The summed E-state index contributed by atoms with van der Waals surface area (Å²) >= 11 is 0. The molecule has 3 aliphatic rings. The topological polar surface area (TPSA) is 106 Å². The fraction of sp³-hybridized carbons (Fsp3) is 0.786. The molecule has 20 heavy (non-hydrogen) atoms. The average molecular weight is 275 g/mol. The van der Waals surface area contributed by atoms with E-state index in [1.807, 2.05) is 0 Å². The zero-order chi connectivity index (χ0) is 14.6. The molecular weight excluding hydrogens is 256 g/mol. The normalized spacial score (nSPS) is 40.2. The summed E-state index contributed by atoms with van der Waals surface area (Å²) in [5, 5.41) is 19.6. The predicted molar refractivity (Wildman–Crippen MR) is 68.4 cm³/mol. The Kier molecular flexibility index (Phi) is 2.63. The van der Waals surface area contributed by atoms with E-state index in [0.29, 0.717) is 19.0 Å². The molecule has 0 amide bonds. The Morgan fingerprint density at radius 1 is 1.30 bits per heavy atom. The third-order valence-electron chi connectivity index (χ3n) is 5.28. The first-order valence-electron chi connectivity index (χ1n) is 7.11. The van der Waals surface area contributed by atoms with E-state index in [0.717, 1.165) is 12.8 Å². The number of amidine groups is 1. The fourth-order valence-electron chi connectivity index (χ4n) is 4.35. The molecule has 2 heterocycles. The lowest BCUT2D eigenvalue weighted by atomic mass is 9.89. The molecule has 6 nitrogen and oxygen atoms in total. The minimum Gasteiger partial charge on any atom is -0.311 e. The second kappa shape index (κ2) is 3.94. The lowest BCUT2D eigenvalue weighted by Gasteiger charge is -2.25. The van der Waals surface area contributed by atoms with E-state index in [2.05, 4.69) is 31.0 Å². The van der Waals surface area contributed by atoms with Gasteiger partial charge in [-0.2, -0.15) is 10.5 Å².